The highest BCUT2D eigenvalue weighted by molar-refractivity contribution is 6.14. The molecule has 3 rings (SSSR count). The highest BCUT2D eigenvalue weighted by Crippen LogP contribution is 2.21. The molecular formula is C17H16N2O. The second-order valence-corrected chi connectivity index (χ2v) is 5.12. The first-order valence-electron chi connectivity index (χ1n) is 6.61. The van der Waals surface area contributed by atoms with Crippen LogP contribution < -0.4 is 0 Å². The number of fused-ring (bicyclic) bond motifs is 1. The van der Waals surface area contributed by atoms with Crippen LogP contribution in [0.15, 0.2) is 42.5 Å². The molecule has 0 aliphatic heterocycles. The fourth-order valence-electron chi connectivity index (χ4n) is 2.40. The zero-order chi connectivity index (χ0) is 14.3. The molecule has 0 aliphatic rings. The Morgan fingerprint density at radius 3 is 2.55 bits per heavy atom. The van der Waals surface area contributed by atoms with E-state index in [1.165, 1.54) is 5.56 Å². The normalized spacial score (nSPS) is 10.9. The third kappa shape index (κ3) is 1.92. The minimum Gasteiger partial charge on any atom is -0.287 e. The molecule has 100 valence electrons. The number of nitrogens with zero attached hydrogens (tertiary/aromatic N) is 2. The lowest BCUT2D eigenvalue weighted by atomic mass is 10.0. The first kappa shape index (κ1) is 12.6. The zero-order valence-electron chi connectivity index (χ0n) is 11.8. The second kappa shape index (κ2) is 4.60. The minimum absolute atomic E-state index is 0.0232. The minimum atomic E-state index is -0.0232. The second-order valence-electron chi connectivity index (χ2n) is 5.12. The summed E-state index contributed by atoms with van der Waals surface area (Å²) >= 11 is 0. The number of para-hydroxylation sites is 1. The number of hydrogen-bond acceptors (Lipinski definition) is 2. The number of rotatable bonds is 2. The highest BCUT2D eigenvalue weighted by atomic mass is 16.1. The van der Waals surface area contributed by atoms with E-state index in [1.54, 1.807) is 4.68 Å². The number of benzene rings is 2. The highest BCUT2D eigenvalue weighted by Gasteiger charge is 2.17. The summed E-state index contributed by atoms with van der Waals surface area (Å²) in [5, 5.41) is 5.29. The topological polar surface area (TPSA) is 34.9 Å². The molecule has 0 spiro atoms. The molecular weight excluding hydrogens is 248 g/mol. The van der Waals surface area contributed by atoms with E-state index < -0.39 is 0 Å². The van der Waals surface area contributed by atoms with Crippen LogP contribution in [0, 0.1) is 13.8 Å². The van der Waals surface area contributed by atoms with Crippen molar-refractivity contribution >= 4 is 16.7 Å². The molecule has 1 aromatic heterocycles. The van der Waals surface area contributed by atoms with Gasteiger partial charge >= 0.3 is 0 Å². The molecule has 3 heteroatoms. The molecule has 0 amide bonds. The smallest absolute Gasteiger partial charge is 0.213 e. The predicted molar refractivity (Wildman–Crippen MR) is 80.1 cm³/mol. The standard InChI is InChI=1S/C17H16N2O/c1-11-8-9-13(10-12(11)2)17(20)16-14-6-4-5-7-15(14)19(3)18-16/h4-10H,1-3H3. The van der Waals surface area contributed by atoms with Gasteiger partial charge in [0.2, 0.25) is 5.78 Å². The fourth-order valence-corrected chi connectivity index (χ4v) is 2.40. The summed E-state index contributed by atoms with van der Waals surface area (Å²) in [6, 6.07) is 13.6. The summed E-state index contributed by atoms with van der Waals surface area (Å²) < 4.78 is 1.75. The van der Waals surface area contributed by atoms with Crippen LogP contribution in [0.2, 0.25) is 0 Å². The van der Waals surface area contributed by atoms with Crippen molar-refractivity contribution in [2.24, 2.45) is 7.05 Å². The molecule has 0 unspecified atom stereocenters. The van der Waals surface area contributed by atoms with Crippen molar-refractivity contribution in [1.29, 1.82) is 0 Å². The summed E-state index contributed by atoms with van der Waals surface area (Å²) in [7, 11) is 1.86. The first-order valence-corrected chi connectivity index (χ1v) is 6.61. The van der Waals surface area contributed by atoms with Crippen LogP contribution in [0.4, 0.5) is 0 Å². The van der Waals surface area contributed by atoms with Crippen molar-refractivity contribution in [3.05, 3.63) is 64.8 Å². The molecule has 3 nitrogen and oxygen atoms in total. The van der Waals surface area contributed by atoms with E-state index in [9.17, 15) is 4.79 Å². The number of aryl methyl sites for hydroxylation is 3. The molecule has 3 aromatic rings. The van der Waals surface area contributed by atoms with E-state index in [-0.39, 0.29) is 5.78 Å². The average Bonchev–Trinajstić information content (AvgIpc) is 2.79. The van der Waals surface area contributed by atoms with Crippen molar-refractivity contribution in [1.82, 2.24) is 9.78 Å². The van der Waals surface area contributed by atoms with Crippen LogP contribution >= 0.6 is 0 Å². The van der Waals surface area contributed by atoms with Gasteiger partial charge in [-0.25, -0.2) is 0 Å². The molecule has 20 heavy (non-hydrogen) atoms. The molecule has 0 saturated heterocycles. The zero-order valence-corrected chi connectivity index (χ0v) is 11.8. The molecule has 1 heterocycles. The molecule has 0 aliphatic carbocycles. The summed E-state index contributed by atoms with van der Waals surface area (Å²) in [6.07, 6.45) is 0. The van der Waals surface area contributed by atoms with E-state index >= 15 is 0 Å². The van der Waals surface area contributed by atoms with Gasteiger partial charge < -0.3 is 0 Å². The third-order valence-corrected chi connectivity index (χ3v) is 3.74. The van der Waals surface area contributed by atoms with E-state index in [1.807, 2.05) is 63.4 Å². The van der Waals surface area contributed by atoms with Gasteiger partial charge in [-0.1, -0.05) is 30.3 Å². The fraction of sp³-hybridized carbons (Fsp3) is 0.176. The van der Waals surface area contributed by atoms with Gasteiger partial charge in [-0.05, 0) is 37.1 Å². The number of carbonyl (C=O) groups is 1. The van der Waals surface area contributed by atoms with E-state index in [2.05, 4.69) is 5.10 Å². The Bertz CT molecular complexity index is 815. The predicted octanol–water partition coefficient (Wildman–Crippen LogP) is 3.42. The summed E-state index contributed by atoms with van der Waals surface area (Å²) in [5.41, 5.74) is 4.49. The van der Waals surface area contributed by atoms with Crippen molar-refractivity contribution in [2.45, 2.75) is 13.8 Å². The van der Waals surface area contributed by atoms with Crippen LogP contribution in [-0.4, -0.2) is 15.6 Å². The monoisotopic (exact) mass is 264 g/mol. The molecule has 0 radical (unpaired) electrons. The van der Waals surface area contributed by atoms with Crippen LogP contribution in [0.5, 0.6) is 0 Å². The first-order chi connectivity index (χ1) is 9.58. The molecule has 0 saturated carbocycles. The summed E-state index contributed by atoms with van der Waals surface area (Å²) in [5.74, 6) is -0.0232. The van der Waals surface area contributed by atoms with E-state index in [0.717, 1.165) is 16.5 Å². The maximum absolute atomic E-state index is 12.7. The largest absolute Gasteiger partial charge is 0.287 e. The Hall–Kier alpha value is -2.42. The number of aromatic nitrogens is 2. The SMILES string of the molecule is Cc1ccc(C(=O)c2nn(C)c3ccccc23)cc1C. The van der Waals surface area contributed by atoms with Crippen LogP contribution in [0.3, 0.4) is 0 Å². The molecule has 0 fully saturated rings. The lowest BCUT2D eigenvalue weighted by molar-refractivity contribution is 0.103. The van der Waals surface area contributed by atoms with Gasteiger partial charge in [-0.2, -0.15) is 5.10 Å². The Labute approximate surface area is 117 Å². The van der Waals surface area contributed by atoms with E-state index in [4.69, 9.17) is 0 Å². The molecule has 2 aromatic carbocycles. The Kier molecular flexibility index (Phi) is 2.90. The lowest BCUT2D eigenvalue weighted by Crippen LogP contribution is -2.04. The van der Waals surface area contributed by atoms with Gasteiger partial charge in [-0.15, -0.1) is 0 Å². The van der Waals surface area contributed by atoms with Crippen molar-refractivity contribution in [2.75, 3.05) is 0 Å². The van der Waals surface area contributed by atoms with Crippen molar-refractivity contribution in [3.63, 3.8) is 0 Å². The Morgan fingerprint density at radius 1 is 1.05 bits per heavy atom. The van der Waals surface area contributed by atoms with Gasteiger partial charge in [0.1, 0.15) is 5.69 Å². The Morgan fingerprint density at radius 2 is 1.80 bits per heavy atom. The average molecular weight is 264 g/mol. The van der Waals surface area contributed by atoms with Crippen molar-refractivity contribution in [3.8, 4) is 0 Å². The number of ketones is 1. The third-order valence-electron chi connectivity index (χ3n) is 3.74. The van der Waals surface area contributed by atoms with Gasteiger partial charge in [0.15, 0.2) is 0 Å². The van der Waals surface area contributed by atoms with Gasteiger partial charge in [0.05, 0.1) is 5.52 Å². The van der Waals surface area contributed by atoms with Gasteiger partial charge in [0.25, 0.3) is 0 Å². The van der Waals surface area contributed by atoms with Crippen LogP contribution in [0.1, 0.15) is 27.2 Å². The van der Waals surface area contributed by atoms with Crippen LogP contribution in [0.25, 0.3) is 10.9 Å². The maximum Gasteiger partial charge on any atom is 0.213 e. The van der Waals surface area contributed by atoms with Crippen LogP contribution in [-0.2, 0) is 7.05 Å². The summed E-state index contributed by atoms with van der Waals surface area (Å²) in [4.78, 5) is 12.7. The molecule has 0 atom stereocenters. The van der Waals surface area contributed by atoms with Gasteiger partial charge in [-0.3, -0.25) is 9.48 Å². The maximum atomic E-state index is 12.7. The summed E-state index contributed by atoms with van der Waals surface area (Å²) in [6.45, 7) is 4.06. The number of carbonyl (C=O) groups excluding carboxylic acids is 1. The molecule has 0 bridgehead atoms. The van der Waals surface area contributed by atoms with Crippen molar-refractivity contribution < 1.29 is 4.79 Å². The quantitative estimate of drug-likeness (QED) is 0.665. The van der Waals surface area contributed by atoms with Gasteiger partial charge in [0, 0.05) is 18.0 Å². The Balaban J connectivity index is 2.15. The molecule has 0 N–H and O–H groups in total. The lowest BCUT2D eigenvalue weighted by Gasteiger charge is -2.03. The number of hydrogen-bond donors (Lipinski definition) is 0. The van der Waals surface area contributed by atoms with E-state index in [0.29, 0.717) is 11.3 Å².